The third kappa shape index (κ3) is 4.31. The zero-order valence-electron chi connectivity index (χ0n) is 15.9. The molecule has 7 nitrogen and oxygen atoms in total. The van der Waals surface area contributed by atoms with Gasteiger partial charge < -0.3 is 15.0 Å². The van der Waals surface area contributed by atoms with Crippen molar-refractivity contribution >= 4 is 40.2 Å². The Kier molecular flexibility index (Phi) is 5.45. The van der Waals surface area contributed by atoms with E-state index in [1.54, 1.807) is 54.9 Å². The molecule has 0 fully saturated rings. The molecule has 0 spiro atoms. The SMILES string of the molecule is CC(OC(=O)c1ccc2nc(-c3cccnc3)[nH]c2c1)C(=O)Nc1ccc(Cl)cc1. The first-order valence-electron chi connectivity index (χ1n) is 9.17. The van der Waals surface area contributed by atoms with Gasteiger partial charge in [0.2, 0.25) is 0 Å². The van der Waals surface area contributed by atoms with Crippen LogP contribution in [-0.4, -0.2) is 32.9 Å². The molecule has 0 saturated heterocycles. The quantitative estimate of drug-likeness (QED) is 0.464. The van der Waals surface area contributed by atoms with Crippen LogP contribution in [0.2, 0.25) is 5.02 Å². The zero-order chi connectivity index (χ0) is 21.1. The number of hydrogen-bond acceptors (Lipinski definition) is 5. The van der Waals surface area contributed by atoms with Crippen molar-refractivity contribution < 1.29 is 14.3 Å². The van der Waals surface area contributed by atoms with Crippen LogP contribution in [0.3, 0.4) is 0 Å². The molecule has 2 N–H and O–H groups in total. The highest BCUT2D eigenvalue weighted by molar-refractivity contribution is 6.30. The summed E-state index contributed by atoms with van der Waals surface area (Å²) in [6.07, 6.45) is 2.41. The highest BCUT2D eigenvalue weighted by Crippen LogP contribution is 2.21. The molecule has 150 valence electrons. The summed E-state index contributed by atoms with van der Waals surface area (Å²) in [4.78, 5) is 36.6. The fourth-order valence-corrected chi connectivity index (χ4v) is 2.96. The molecule has 0 saturated carbocycles. The molecule has 4 aromatic rings. The molecule has 0 radical (unpaired) electrons. The molecule has 0 bridgehead atoms. The Morgan fingerprint density at radius 3 is 2.67 bits per heavy atom. The Labute approximate surface area is 177 Å². The van der Waals surface area contributed by atoms with E-state index in [1.807, 2.05) is 12.1 Å². The van der Waals surface area contributed by atoms with Gasteiger partial charge in [0.05, 0.1) is 16.6 Å². The highest BCUT2D eigenvalue weighted by Gasteiger charge is 2.20. The number of ether oxygens (including phenoxy) is 1. The van der Waals surface area contributed by atoms with Gasteiger partial charge in [0.1, 0.15) is 5.82 Å². The molecule has 30 heavy (non-hydrogen) atoms. The number of anilines is 1. The Bertz CT molecular complexity index is 1210. The number of halogens is 1. The minimum Gasteiger partial charge on any atom is -0.449 e. The van der Waals surface area contributed by atoms with E-state index in [2.05, 4.69) is 20.3 Å². The fraction of sp³-hybridized carbons (Fsp3) is 0.0909. The number of H-pyrrole nitrogens is 1. The van der Waals surface area contributed by atoms with Crippen molar-refractivity contribution in [3.05, 3.63) is 77.6 Å². The van der Waals surface area contributed by atoms with E-state index < -0.39 is 18.0 Å². The first-order chi connectivity index (χ1) is 14.5. The lowest BCUT2D eigenvalue weighted by Gasteiger charge is -2.13. The Hall–Kier alpha value is -3.71. The number of aromatic nitrogens is 3. The minimum atomic E-state index is -0.975. The number of amides is 1. The fourth-order valence-electron chi connectivity index (χ4n) is 2.84. The number of pyridine rings is 1. The van der Waals surface area contributed by atoms with E-state index in [0.29, 0.717) is 33.1 Å². The molecule has 1 amide bonds. The summed E-state index contributed by atoms with van der Waals surface area (Å²) in [5.41, 5.74) is 3.11. The third-order valence-electron chi connectivity index (χ3n) is 4.42. The number of esters is 1. The average Bonchev–Trinajstić information content (AvgIpc) is 3.19. The molecule has 2 aromatic heterocycles. The van der Waals surface area contributed by atoms with Crippen LogP contribution < -0.4 is 5.32 Å². The summed E-state index contributed by atoms with van der Waals surface area (Å²) < 4.78 is 5.31. The van der Waals surface area contributed by atoms with Crippen LogP contribution in [0.4, 0.5) is 5.69 Å². The second kappa shape index (κ2) is 8.34. The van der Waals surface area contributed by atoms with Gasteiger partial charge in [-0.25, -0.2) is 9.78 Å². The number of aromatic amines is 1. The number of nitrogens with zero attached hydrogens (tertiary/aromatic N) is 2. The first-order valence-corrected chi connectivity index (χ1v) is 9.55. The summed E-state index contributed by atoms with van der Waals surface area (Å²) in [5.74, 6) is -0.389. The van der Waals surface area contributed by atoms with E-state index in [4.69, 9.17) is 16.3 Å². The van der Waals surface area contributed by atoms with Crippen molar-refractivity contribution in [3.8, 4) is 11.4 Å². The van der Waals surface area contributed by atoms with Crippen molar-refractivity contribution in [1.82, 2.24) is 15.0 Å². The van der Waals surface area contributed by atoms with Crippen molar-refractivity contribution in [2.24, 2.45) is 0 Å². The summed E-state index contributed by atoms with van der Waals surface area (Å²) in [6, 6.07) is 15.3. The number of rotatable bonds is 5. The van der Waals surface area contributed by atoms with Crippen molar-refractivity contribution in [3.63, 3.8) is 0 Å². The smallest absolute Gasteiger partial charge is 0.338 e. The van der Waals surface area contributed by atoms with Crippen LogP contribution in [0.15, 0.2) is 67.0 Å². The molecule has 0 aliphatic heterocycles. The van der Waals surface area contributed by atoms with Crippen molar-refractivity contribution in [2.75, 3.05) is 5.32 Å². The Morgan fingerprint density at radius 2 is 1.93 bits per heavy atom. The van der Waals surface area contributed by atoms with Crippen LogP contribution in [0.1, 0.15) is 17.3 Å². The molecular weight excluding hydrogens is 404 g/mol. The lowest BCUT2D eigenvalue weighted by molar-refractivity contribution is -0.123. The lowest BCUT2D eigenvalue weighted by atomic mass is 10.2. The molecule has 0 aliphatic carbocycles. The minimum absolute atomic E-state index is 0.315. The molecule has 2 aromatic carbocycles. The number of carbonyl (C=O) groups excluding carboxylic acids is 2. The van der Waals surface area contributed by atoms with E-state index >= 15 is 0 Å². The highest BCUT2D eigenvalue weighted by atomic mass is 35.5. The van der Waals surface area contributed by atoms with Crippen LogP contribution in [0.25, 0.3) is 22.4 Å². The maximum absolute atomic E-state index is 12.5. The van der Waals surface area contributed by atoms with Gasteiger partial charge in [0.15, 0.2) is 6.10 Å². The Balaban J connectivity index is 1.45. The molecule has 1 unspecified atom stereocenters. The number of fused-ring (bicyclic) bond motifs is 1. The lowest BCUT2D eigenvalue weighted by Crippen LogP contribution is -2.30. The van der Waals surface area contributed by atoms with Gasteiger partial charge in [0.25, 0.3) is 5.91 Å². The third-order valence-corrected chi connectivity index (χ3v) is 4.67. The monoisotopic (exact) mass is 420 g/mol. The van der Waals surface area contributed by atoms with Gasteiger partial charge in [-0.3, -0.25) is 9.78 Å². The van der Waals surface area contributed by atoms with Crippen LogP contribution in [0.5, 0.6) is 0 Å². The number of nitrogens with one attached hydrogen (secondary N) is 2. The number of benzene rings is 2. The summed E-state index contributed by atoms with van der Waals surface area (Å²) in [5, 5.41) is 3.24. The summed E-state index contributed by atoms with van der Waals surface area (Å²) in [6.45, 7) is 1.51. The molecule has 2 heterocycles. The van der Waals surface area contributed by atoms with Crippen molar-refractivity contribution in [2.45, 2.75) is 13.0 Å². The topological polar surface area (TPSA) is 97.0 Å². The van der Waals surface area contributed by atoms with Gasteiger partial charge in [-0.05, 0) is 61.5 Å². The second-order valence-electron chi connectivity index (χ2n) is 6.60. The van der Waals surface area contributed by atoms with E-state index in [0.717, 1.165) is 5.56 Å². The van der Waals surface area contributed by atoms with Gasteiger partial charge in [-0.2, -0.15) is 0 Å². The summed E-state index contributed by atoms with van der Waals surface area (Å²) in [7, 11) is 0. The number of carbonyl (C=O) groups is 2. The predicted molar refractivity (Wildman–Crippen MR) is 114 cm³/mol. The van der Waals surface area contributed by atoms with Crippen molar-refractivity contribution in [1.29, 1.82) is 0 Å². The number of hydrogen-bond donors (Lipinski definition) is 2. The molecule has 4 rings (SSSR count). The average molecular weight is 421 g/mol. The Morgan fingerprint density at radius 1 is 1.13 bits per heavy atom. The normalized spacial score (nSPS) is 11.8. The maximum atomic E-state index is 12.5. The van der Waals surface area contributed by atoms with Gasteiger partial charge in [0, 0.05) is 28.7 Å². The van der Waals surface area contributed by atoms with Crippen LogP contribution >= 0.6 is 11.6 Å². The first kappa shape index (κ1) is 19.6. The van der Waals surface area contributed by atoms with Gasteiger partial charge >= 0.3 is 5.97 Å². The van der Waals surface area contributed by atoms with E-state index in [1.165, 1.54) is 6.92 Å². The number of imidazole rings is 1. The molecule has 1 atom stereocenters. The zero-order valence-corrected chi connectivity index (χ0v) is 16.7. The van der Waals surface area contributed by atoms with Crippen LogP contribution in [-0.2, 0) is 9.53 Å². The maximum Gasteiger partial charge on any atom is 0.338 e. The summed E-state index contributed by atoms with van der Waals surface area (Å²) >= 11 is 5.83. The standard InChI is InChI=1S/C22H17ClN4O3/c1-13(21(28)25-17-7-5-16(23)6-8-17)30-22(29)14-4-9-18-19(11-14)27-20(26-18)15-3-2-10-24-12-15/h2-13H,1H3,(H,25,28)(H,26,27). The second-order valence-corrected chi connectivity index (χ2v) is 7.04. The van der Waals surface area contributed by atoms with Gasteiger partial charge in [-0.1, -0.05) is 11.6 Å². The van der Waals surface area contributed by atoms with Crippen LogP contribution in [0, 0.1) is 0 Å². The predicted octanol–water partition coefficient (Wildman–Crippen LogP) is 4.46. The largest absolute Gasteiger partial charge is 0.449 e. The van der Waals surface area contributed by atoms with Gasteiger partial charge in [-0.15, -0.1) is 0 Å². The van der Waals surface area contributed by atoms with E-state index in [9.17, 15) is 9.59 Å². The molecule has 8 heteroatoms. The van der Waals surface area contributed by atoms with E-state index in [-0.39, 0.29) is 0 Å². The molecule has 0 aliphatic rings. The molecular formula is C22H17ClN4O3.